The Morgan fingerprint density at radius 1 is 1.20 bits per heavy atom. The summed E-state index contributed by atoms with van der Waals surface area (Å²) in [5.41, 5.74) is 2.63. The summed E-state index contributed by atoms with van der Waals surface area (Å²) < 4.78 is 5.53. The number of hydrogen-bond donors (Lipinski definition) is 1. The minimum Gasteiger partial charge on any atom is -0.338 e. The van der Waals surface area contributed by atoms with Crippen LogP contribution < -0.4 is 10.2 Å². The van der Waals surface area contributed by atoms with Gasteiger partial charge in [-0.2, -0.15) is 4.98 Å². The Bertz CT molecular complexity index is 603. The average Bonchev–Trinajstić information content (AvgIpc) is 3.17. The molecule has 4 rings (SSSR count). The van der Waals surface area contributed by atoms with Crippen LogP contribution in [0.4, 0.5) is 5.95 Å². The summed E-state index contributed by atoms with van der Waals surface area (Å²) in [6.45, 7) is 3.86. The van der Waals surface area contributed by atoms with Gasteiger partial charge in [-0.15, -0.1) is 0 Å². The molecular weight excluding hydrogens is 252 g/mol. The standard InChI is InChI=1S/C15H18N4O/c1-2-6-12-11(5-1)9-16-10-13(12)14-17-15(18-20-14)19-7-3-4-8-19/h1-2,5-6,13,16H,3-4,7-10H2. The van der Waals surface area contributed by atoms with Gasteiger partial charge in [0.25, 0.3) is 5.95 Å². The van der Waals surface area contributed by atoms with Crippen molar-refractivity contribution in [1.29, 1.82) is 0 Å². The van der Waals surface area contributed by atoms with Gasteiger partial charge in [0, 0.05) is 26.2 Å². The van der Waals surface area contributed by atoms with Crippen molar-refractivity contribution < 1.29 is 4.52 Å². The second kappa shape index (κ2) is 4.90. The highest BCUT2D eigenvalue weighted by molar-refractivity contribution is 5.37. The van der Waals surface area contributed by atoms with Gasteiger partial charge in [-0.05, 0) is 29.1 Å². The molecule has 2 aliphatic heterocycles. The molecule has 5 heteroatoms. The smallest absolute Gasteiger partial charge is 0.266 e. The van der Waals surface area contributed by atoms with Crippen molar-refractivity contribution in [2.24, 2.45) is 0 Å². The molecule has 3 heterocycles. The normalized spacial score (nSPS) is 22.0. The Kier molecular flexibility index (Phi) is 2.92. The summed E-state index contributed by atoms with van der Waals surface area (Å²) in [6.07, 6.45) is 2.44. The molecule has 0 saturated carbocycles. The molecule has 0 amide bonds. The molecule has 0 radical (unpaired) electrons. The van der Waals surface area contributed by atoms with E-state index in [1.54, 1.807) is 0 Å². The molecule has 2 aliphatic rings. The lowest BCUT2D eigenvalue weighted by Gasteiger charge is -2.23. The average molecular weight is 270 g/mol. The van der Waals surface area contributed by atoms with E-state index in [1.165, 1.54) is 24.0 Å². The number of rotatable bonds is 2. The summed E-state index contributed by atoms with van der Waals surface area (Å²) in [7, 11) is 0. The summed E-state index contributed by atoms with van der Waals surface area (Å²) >= 11 is 0. The number of nitrogens with one attached hydrogen (secondary N) is 1. The van der Waals surface area contributed by atoms with E-state index in [0.29, 0.717) is 0 Å². The maximum Gasteiger partial charge on any atom is 0.266 e. The van der Waals surface area contributed by atoms with Gasteiger partial charge in [0.05, 0.1) is 5.92 Å². The van der Waals surface area contributed by atoms with Crippen LogP contribution in [0.2, 0.25) is 0 Å². The van der Waals surface area contributed by atoms with Gasteiger partial charge in [0.15, 0.2) is 0 Å². The molecular formula is C15H18N4O. The van der Waals surface area contributed by atoms with Crippen LogP contribution in [0.15, 0.2) is 28.8 Å². The van der Waals surface area contributed by atoms with Gasteiger partial charge in [-0.25, -0.2) is 0 Å². The van der Waals surface area contributed by atoms with Crippen LogP contribution in [0, 0.1) is 0 Å². The molecule has 1 aromatic carbocycles. The highest BCUT2D eigenvalue weighted by atomic mass is 16.5. The fraction of sp³-hybridized carbons (Fsp3) is 0.467. The Hall–Kier alpha value is -1.88. The van der Waals surface area contributed by atoms with Crippen molar-refractivity contribution in [2.75, 3.05) is 24.5 Å². The Morgan fingerprint density at radius 3 is 2.95 bits per heavy atom. The predicted octanol–water partition coefficient (Wildman–Crippen LogP) is 1.90. The molecule has 2 aromatic rings. The van der Waals surface area contributed by atoms with Crippen LogP contribution in [-0.4, -0.2) is 29.8 Å². The van der Waals surface area contributed by atoms with Crippen molar-refractivity contribution in [3.05, 3.63) is 41.3 Å². The van der Waals surface area contributed by atoms with Crippen LogP contribution in [0.3, 0.4) is 0 Å². The largest absolute Gasteiger partial charge is 0.338 e. The molecule has 1 unspecified atom stereocenters. The third-order valence-electron chi connectivity index (χ3n) is 4.21. The summed E-state index contributed by atoms with van der Waals surface area (Å²) in [6, 6.07) is 8.48. The fourth-order valence-corrected chi connectivity index (χ4v) is 3.13. The number of anilines is 1. The van der Waals surface area contributed by atoms with Crippen LogP contribution in [0.25, 0.3) is 0 Å². The molecule has 5 nitrogen and oxygen atoms in total. The summed E-state index contributed by atoms with van der Waals surface area (Å²) in [5, 5.41) is 7.59. The molecule has 0 bridgehead atoms. The first kappa shape index (κ1) is 11.9. The van der Waals surface area contributed by atoms with E-state index >= 15 is 0 Å². The van der Waals surface area contributed by atoms with E-state index in [4.69, 9.17) is 4.52 Å². The minimum absolute atomic E-state index is 0.170. The molecule has 20 heavy (non-hydrogen) atoms. The zero-order valence-electron chi connectivity index (χ0n) is 11.4. The summed E-state index contributed by atoms with van der Waals surface area (Å²) in [5.74, 6) is 1.65. The van der Waals surface area contributed by atoms with Gasteiger partial charge >= 0.3 is 0 Å². The van der Waals surface area contributed by atoms with E-state index in [-0.39, 0.29) is 5.92 Å². The predicted molar refractivity (Wildman–Crippen MR) is 75.7 cm³/mol. The molecule has 0 spiro atoms. The lowest BCUT2D eigenvalue weighted by molar-refractivity contribution is 0.355. The van der Waals surface area contributed by atoms with Crippen molar-refractivity contribution in [3.63, 3.8) is 0 Å². The number of hydrogen-bond acceptors (Lipinski definition) is 5. The van der Waals surface area contributed by atoms with E-state index < -0.39 is 0 Å². The first-order valence-corrected chi connectivity index (χ1v) is 7.29. The lowest BCUT2D eigenvalue weighted by atomic mass is 9.91. The van der Waals surface area contributed by atoms with Gasteiger partial charge in [-0.3, -0.25) is 0 Å². The monoisotopic (exact) mass is 270 g/mol. The molecule has 1 fully saturated rings. The topological polar surface area (TPSA) is 54.2 Å². The van der Waals surface area contributed by atoms with Crippen molar-refractivity contribution >= 4 is 5.95 Å². The van der Waals surface area contributed by atoms with Crippen LogP contribution in [0.1, 0.15) is 35.8 Å². The highest BCUT2D eigenvalue weighted by Gasteiger charge is 2.27. The van der Waals surface area contributed by atoms with E-state index in [9.17, 15) is 0 Å². The maximum absolute atomic E-state index is 5.53. The van der Waals surface area contributed by atoms with Crippen LogP contribution in [-0.2, 0) is 6.54 Å². The molecule has 1 N–H and O–H groups in total. The number of fused-ring (bicyclic) bond motifs is 1. The first-order valence-electron chi connectivity index (χ1n) is 7.29. The highest BCUT2D eigenvalue weighted by Crippen LogP contribution is 2.30. The molecule has 1 saturated heterocycles. The van der Waals surface area contributed by atoms with E-state index in [0.717, 1.165) is 38.0 Å². The van der Waals surface area contributed by atoms with E-state index in [2.05, 4.69) is 44.6 Å². The van der Waals surface area contributed by atoms with Crippen molar-refractivity contribution in [3.8, 4) is 0 Å². The van der Waals surface area contributed by atoms with Gasteiger partial charge < -0.3 is 14.7 Å². The first-order chi connectivity index (χ1) is 9.92. The molecule has 1 aromatic heterocycles. The maximum atomic E-state index is 5.53. The van der Waals surface area contributed by atoms with Gasteiger partial charge in [-0.1, -0.05) is 24.3 Å². The van der Waals surface area contributed by atoms with Gasteiger partial charge in [0.1, 0.15) is 0 Å². The number of nitrogens with zero attached hydrogens (tertiary/aromatic N) is 3. The quantitative estimate of drug-likeness (QED) is 0.903. The minimum atomic E-state index is 0.170. The zero-order chi connectivity index (χ0) is 13.4. The second-order valence-electron chi connectivity index (χ2n) is 5.51. The van der Waals surface area contributed by atoms with Crippen LogP contribution >= 0.6 is 0 Å². The Balaban J connectivity index is 1.65. The Morgan fingerprint density at radius 2 is 2.05 bits per heavy atom. The fourth-order valence-electron chi connectivity index (χ4n) is 3.13. The van der Waals surface area contributed by atoms with E-state index in [1.807, 2.05) is 0 Å². The van der Waals surface area contributed by atoms with Crippen LogP contribution in [0.5, 0.6) is 0 Å². The third kappa shape index (κ3) is 1.98. The Labute approximate surface area is 118 Å². The van der Waals surface area contributed by atoms with Crippen molar-refractivity contribution in [2.45, 2.75) is 25.3 Å². The molecule has 0 aliphatic carbocycles. The number of benzene rings is 1. The van der Waals surface area contributed by atoms with Gasteiger partial charge in [0.2, 0.25) is 5.89 Å². The number of aromatic nitrogens is 2. The SMILES string of the molecule is c1ccc2c(c1)CNCC2c1nc(N2CCCC2)no1. The molecule has 104 valence electrons. The summed E-state index contributed by atoms with van der Waals surface area (Å²) in [4.78, 5) is 6.83. The zero-order valence-corrected chi connectivity index (χ0v) is 11.4. The second-order valence-corrected chi connectivity index (χ2v) is 5.51. The lowest BCUT2D eigenvalue weighted by Crippen LogP contribution is -2.29. The molecule has 1 atom stereocenters. The third-order valence-corrected chi connectivity index (χ3v) is 4.21. The van der Waals surface area contributed by atoms with Crippen molar-refractivity contribution in [1.82, 2.24) is 15.5 Å².